The first-order valence-electron chi connectivity index (χ1n) is 9.04. The molecule has 29 heavy (non-hydrogen) atoms. The van der Waals surface area contributed by atoms with Crippen molar-refractivity contribution in [2.45, 2.75) is 17.7 Å². The molecule has 1 amide bonds. The van der Waals surface area contributed by atoms with Crippen molar-refractivity contribution in [2.75, 3.05) is 18.0 Å². The van der Waals surface area contributed by atoms with Crippen LogP contribution in [-0.2, 0) is 16.6 Å². The molecule has 0 fully saturated rings. The molecule has 0 atom stereocenters. The van der Waals surface area contributed by atoms with Gasteiger partial charge in [0.2, 0.25) is 0 Å². The maximum atomic E-state index is 12.6. The van der Waals surface area contributed by atoms with E-state index in [1.54, 1.807) is 41.8 Å². The Labute approximate surface area is 174 Å². The molecule has 3 rings (SSSR count). The predicted molar refractivity (Wildman–Crippen MR) is 115 cm³/mol. The van der Waals surface area contributed by atoms with E-state index in [0.717, 1.165) is 11.3 Å². The zero-order valence-corrected chi connectivity index (χ0v) is 17.8. The summed E-state index contributed by atoms with van der Waals surface area (Å²) in [4.78, 5) is 12.4. The van der Waals surface area contributed by atoms with Crippen LogP contribution in [0.3, 0.4) is 0 Å². The van der Waals surface area contributed by atoms with Crippen LogP contribution in [0.1, 0.15) is 22.8 Å². The number of sulfonamides is 1. The maximum Gasteiger partial charge on any atom is 0.273 e. The summed E-state index contributed by atoms with van der Waals surface area (Å²) in [5, 5.41) is 4.58. The van der Waals surface area contributed by atoms with Gasteiger partial charge in [-0.25, -0.2) is 8.42 Å². The van der Waals surface area contributed by atoms with Gasteiger partial charge in [0.1, 0.15) is 9.96 Å². The molecule has 0 aliphatic rings. The Bertz CT molecular complexity index is 1050. The van der Waals surface area contributed by atoms with Gasteiger partial charge in [0, 0.05) is 19.2 Å². The minimum absolute atomic E-state index is 0.228. The highest BCUT2D eigenvalue weighted by Crippen LogP contribution is 2.25. The van der Waals surface area contributed by atoms with Crippen molar-refractivity contribution in [2.24, 2.45) is 0 Å². The van der Waals surface area contributed by atoms with Crippen LogP contribution in [0.2, 0.25) is 0 Å². The summed E-state index contributed by atoms with van der Waals surface area (Å²) in [7, 11) is -2.10. The highest BCUT2D eigenvalue weighted by Gasteiger charge is 2.22. The molecule has 2 aromatic carbocycles. The van der Waals surface area contributed by atoms with Crippen LogP contribution in [0, 0.1) is 0 Å². The molecule has 0 unspecified atom stereocenters. The summed E-state index contributed by atoms with van der Waals surface area (Å²) in [5.74, 6) is 0.564. The monoisotopic (exact) mass is 430 g/mol. The molecule has 0 spiro atoms. The molecular weight excluding hydrogens is 408 g/mol. The molecule has 1 heterocycles. The number of thiophene rings is 1. The number of carbonyl (C=O) groups excluding carboxylic acids is 1. The zero-order valence-electron chi connectivity index (χ0n) is 16.2. The fourth-order valence-corrected chi connectivity index (χ4v) is 5.02. The zero-order chi connectivity index (χ0) is 20.9. The smallest absolute Gasteiger partial charge is 0.273 e. The highest BCUT2D eigenvalue weighted by atomic mass is 32.2. The molecule has 1 N–H and O–H groups in total. The SMILES string of the molecule is CCOc1ccc(CNC(=O)c2ccc(N(C)S(=O)(=O)c3cccs3)cc2)cc1. The van der Waals surface area contributed by atoms with E-state index in [-0.39, 0.29) is 10.1 Å². The molecular formula is C21H22N2O4S2. The predicted octanol–water partition coefficient (Wildman–Crippen LogP) is 3.90. The number of anilines is 1. The van der Waals surface area contributed by atoms with E-state index >= 15 is 0 Å². The van der Waals surface area contributed by atoms with E-state index in [4.69, 9.17) is 4.74 Å². The van der Waals surface area contributed by atoms with Gasteiger partial charge in [0.05, 0.1) is 12.3 Å². The minimum atomic E-state index is -3.59. The van der Waals surface area contributed by atoms with Crippen LogP contribution < -0.4 is 14.4 Å². The van der Waals surface area contributed by atoms with Gasteiger partial charge in [-0.1, -0.05) is 18.2 Å². The number of hydrogen-bond donors (Lipinski definition) is 1. The number of nitrogens with zero attached hydrogens (tertiary/aromatic N) is 1. The third-order valence-corrected chi connectivity index (χ3v) is 7.45. The van der Waals surface area contributed by atoms with Gasteiger partial charge in [-0.15, -0.1) is 11.3 Å². The lowest BCUT2D eigenvalue weighted by Gasteiger charge is -2.18. The first kappa shape index (κ1) is 20.9. The minimum Gasteiger partial charge on any atom is -0.494 e. The number of nitrogens with one attached hydrogen (secondary N) is 1. The molecule has 6 nitrogen and oxygen atoms in total. The first-order valence-corrected chi connectivity index (χ1v) is 11.4. The first-order chi connectivity index (χ1) is 13.9. The van der Waals surface area contributed by atoms with Gasteiger partial charge in [-0.2, -0.15) is 0 Å². The lowest BCUT2D eigenvalue weighted by atomic mass is 10.1. The van der Waals surface area contributed by atoms with E-state index in [1.165, 1.54) is 22.7 Å². The third kappa shape index (κ3) is 4.96. The normalized spacial score (nSPS) is 11.1. The van der Waals surface area contributed by atoms with Gasteiger partial charge >= 0.3 is 0 Å². The van der Waals surface area contributed by atoms with Crippen molar-refractivity contribution in [3.05, 3.63) is 77.2 Å². The van der Waals surface area contributed by atoms with Crippen molar-refractivity contribution >= 4 is 33.0 Å². The molecule has 0 aliphatic carbocycles. The number of carbonyl (C=O) groups is 1. The summed E-state index contributed by atoms with van der Waals surface area (Å²) < 4.78 is 32.1. The molecule has 0 saturated carbocycles. The molecule has 152 valence electrons. The van der Waals surface area contributed by atoms with Crippen molar-refractivity contribution in [3.63, 3.8) is 0 Å². The molecule has 0 radical (unpaired) electrons. The number of amides is 1. The second-order valence-corrected chi connectivity index (χ2v) is 9.35. The van der Waals surface area contributed by atoms with Crippen LogP contribution in [0.15, 0.2) is 70.3 Å². The lowest BCUT2D eigenvalue weighted by molar-refractivity contribution is 0.0951. The van der Waals surface area contributed by atoms with Crippen molar-refractivity contribution in [1.29, 1.82) is 0 Å². The summed E-state index contributed by atoms with van der Waals surface area (Å²) >= 11 is 1.17. The third-order valence-electron chi connectivity index (χ3n) is 4.29. The molecule has 1 aromatic heterocycles. The van der Waals surface area contributed by atoms with Gasteiger partial charge < -0.3 is 10.1 Å². The number of hydrogen-bond acceptors (Lipinski definition) is 5. The van der Waals surface area contributed by atoms with Crippen LogP contribution in [0.25, 0.3) is 0 Å². The van der Waals surface area contributed by atoms with Crippen LogP contribution in [-0.4, -0.2) is 28.0 Å². The average Bonchev–Trinajstić information content (AvgIpc) is 3.29. The number of rotatable bonds is 8. The van der Waals surface area contributed by atoms with Gasteiger partial charge in [0.25, 0.3) is 15.9 Å². The quantitative estimate of drug-likeness (QED) is 0.588. The Balaban J connectivity index is 1.62. The van der Waals surface area contributed by atoms with E-state index < -0.39 is 10.0 Å². The van der Waals surface area contributed by atoms with Crippen molar-refractivity contribution in [3.8, 4) is 5.75 Å². The maximum absolute atomic E-state index is 12.6. The molecule has 0 bridgehead atoms. The molecule has 8 heteroatoms. The van der Waals surface area contributed by atoms with Gasteiger partial charge in [-0.05, 0) is 60.3 Å². The van der Waals surface area contributed by atoms with Crippen molar-refractivity contribution in [1.82, 2.24) is 5.32 Å². The fourth-order valence-electron chi connectivity index (χ4n) is 2.66. The number of benzene rings is 2. The van der Waals surface area contributed by atoms with Gasteiger partial charge in [0.15, 0.2) is 0 Å². The summed E-state index contributed by atoms with van der Waals surface area (Å²) in [6.45, 7) is 2.92. The van der Waals surface area contributed by atoms with E-state index in [0.29, 0.717) is 24.4 Å². The second-order valence-electron chi connectivity index (χ2n) is 6.21. The summed E-state index contributed by atoms with van der Waals surface area (Å²) in [5.41, 5.74) is 1.91. The summed E-state index contributed by atoms with van der Waals surface area (Å²) in [6, 6.07) is 17.3. The molecule has 0 saturated heterocycles. The van der Waals surface area contributed by atoms with Crippen molar-refractivity contribution < 1.29 is 17.9 Å². The van der Waals surface area contributed by atoms with Crippen LogP contribution in [0.5, 0.6) is 5.75 Å². The Morgan fingerprint density at radius 3 is 2.34 bits per heavy atom. The largest absolute Gasteiger partial charge is 0.494 e. The number of ether oxygens (including phenoxy) is 1. The van der Waals surface area contributed by atoms with Crippen LogP contribution >= 0.6 is 11.3 Å². The Hall–Kier alpha value is -2.84. The highest BCUT2D eigenvalue weighted by molar-refractivity contribution is 7.94. The summed E-state index contributed by atoms with van der Waals surface area (Å²) in [6.07, 6.45) is 0. The molecule has 3 aromatic rings. The molecule has 0 aliphatic heterocycles. The van der Waals surface area contributed by atoms with E-state index in [1.807, 2.05) is 31.2 Å². The van der Waals surface area contributed by atoms with Gasteiger partial charge in [-0.3, -0.25) is 9.10 Å². The standard InChI is InChI=1S/C21H22N2O4S2/c1-3-27-19-12-6-16(7-13-19)15-22-21(24)17-8-10-18(11-9-17)23(2)29(25,26)20-5-4-14-28-20/h4-14H,3,15H2,1-2H3,(H,22,24). The van der Waals surface area contributed by atoms with E-state index in [9.17, 15) is 13.2 Å². The Morgan fingerprint density at radius 2 is 1.76 bits per heavy atom. The van der Waals surface area contributed by atoms with Crippen LogP contribution in [0.4, 0.5) is 5.69 Å². The van der Waals surface area contributed by atoms with E-state index in [2.05, 4.69) is 5.32 Å². The Kier molecular flexibility index (Phi) is 6.56. The second kappa shape index (κ2) is 9.11. The lowest BCUT2D eigenvalue weighted by Crippen LogP contribution is -2.26. The fraction of sp³-hybridized carbons (Fsp3) is 0.190. The topological polar surface area (TPSA) is 75.7 Å². The Morgan fingerprint density at radius 1 is 1.07 bits per heavy atom. The average molecular weight is 431 g/mol.